The largest absolute Gasteiger partial charge is 0.462 e. The maximum absolute atomic E-state index is 13.2. The Labute approximate surface area is 227 Å². The van der Waals surface area contributed by atoms with Gasteiger partial charge in [0, 0.05) is 49.5 Å². The lowest BCUT2D eigenvalue weighted by atomic mass is 10.1. The van der Waals surface area contributed by atoms with Crippen LogP contribution < -0.4 is 4.90 Å². The van der Waals surface area contributed by atoms with E-state index >= 15 is 0 Å². The third-order valence-corrected chi connectivity index (χ3v) is 8.37. The summed E-state index contributed by atoms with van der Waals surface area (Å²) in [6.07, 6.45) is 4.76. The van der Waals surface area contributed by atoms with Gasteiger partial charge < -0.3 is 14.5 Å². The van der Waals surface area contributed by atoms with Crippen molar-refractivity contribution in [3.05, 3.63) is 95.9 Å². The van der Waals surface area contributed by atoms with Gasteiger partial charge in [0.15, 0.2) is 9.84 Å². The molecule has 0 bridgehead atoms. The SMILES string of the molecule is CCOC(=O)c1cncc(N2CCN(C(=O)c3ccc(CS(=O)(=O)c4cccc5cccnc45)cc3)CC2)c1. The lowest BCUT2D eigenvalue weighted by Crippen LogP contribution is -2.48. The van der Waals surface area contributed by atoms with Crippen LogP contribution in [0.3, 0.4) is 0 Å². The number of rotatable bonds is 7. The Balaban J connectivity index is 1.22. The van der Waals surface area contributed by atoms with Crippen molar-refractivity contribution < 1.29 is 22.7 Å². The van der Waals surface area contributed by atoms with Crippen molar-refractivity contribution in [1.29, 1.82) is 0 Å². The number of hydrogen-bond acceptors (Lipinski definition) is 8. The molecule has 4 aromatic rings. The third-order valence-electron chi connectivity index (χ3n) is 6.66. The van der Waals surface area contributed by atoms with Crippen molar-refractivity contribution in [3.63, 3.8) is 0 Å². The number of esters is 1. The molecule has 0 aliphatic carbocycles. The fourth-order valence-corrected chi connectivity index (χ4v) is 6.18. The number of amides is 1. The minimum Gasteiger partial charge on any atom is -0.462 e. The molecular formula is C29H28N4O5S. The zero-order chi connectivity index (χ0) is 27.4. The Morgan fingerprint density at radius 1 is 0.923 bits per heavy atom. The highest BCUT2D eigenvalue weighted by Crippen LogP contribution is 2.25. The van der Waals surface area contributed by atoms with Crippen LogP contribution in [0.5, 0.6) is 0 Å². The van der Waals surface area contributed by atoms with E-state index in [1.165, 1.54) is 6.20 Å². The van der Waals surface area contributed by atoms with E-state index in [1.807, 2.05) is 12.1 Å². The van der Waals surface area contributed by atoms with Crippen LogP contribution in [0.1, 0.15) is 33.2 Å². The molecule has 0 unspecified atom stereocenters. The number of hydrogen-bond donors (Lipinski definition) is 0. The van der Waals surface area contributed by atoms with Crippen LogP contribution in [0, 0.1) is 0 Å². The lowest BCUT2D eigenvalue weighted by molar-refractivity contribution is 0.0525. The Kier molecular flexibility index (Phi) is 7.56. The van der Waals surface area contributed by atoms with Crippen LogP contribution in [-0.2, 0) is 20.3 Å². The number of ether oxygens (including phenoxy) is 1. The topological polar surface area (TPSA) is 110 Å². The molecule has 2 aromatic heterocycles. The number of nitrogens with zero attached hydrogens (tertiary/aromatic N) is 4. The number of pyridine rings is 2. The Bertz CT molecular complexity index is 1610. The number of fused-ring (bicyclic) bond motifs is 1. The molecular weight excluding hydrogens is 516 g/mol. The zero-order valence-corrected chi connectivity index (χ0v) is 22.3. The number of aromatic nitrogens is 2. The number of anilines is 1. The zero-order valence-electron chi connectivity index (χ0n) is 21.5. The molecule has 2 aromatic carbocycles. The van der Waals surface area contributed by atoms with E-state index in [-0.39, 0.29) is 16.6 Å². The minimum atomic E-state index is -3.64. The first-order valence-electron chi connectivity index (χ1n) is 12.7. The molecule has 0 atom stereocenters. The highest BCUT2D eigenvalue weighted by atomic mass is 32.2. The van der Waals surface area contributed by atoms with Crippen LogP contribution in [0.25, 0.3) is 10.9 Å². The normalized spacial score (nSPS) is 13.9. The van der Waals surface area contributed by atoms with Gasteiger partial charge in [-0.15, -0.1) is 0 Å². The Morgan fingerprint density at radius 2 is 1.67 bits per heavy atom. The monoisotopic (exact) mass is 544 g/mol. The van der Waals surface area contributed by atoms with Crippen LogP contribution in [0.2, 0.25) is 0 Å². The summed E-state index contributed by atoms with van der Waals surface area (Å²) >= 11 is 0. The maximum Gasteiger partial charge on any atom is 0.339 e. The molecule has 200 valence electrons. The van der Waals surface area contributed by atoms with Gasteiger partial charge in [0.05, 0.1) is 40.2 Å². The molecule has 9 nitrogen and oxygen atoms in total. The van der Waals surface area contributed by atoms with E-state index in [0.717, 1.165) is 11.1 Å². The van der Waals surface area contributed by atoms with Crippen molar-refractivity contribution in [2.45, 2.75) is 17.6 Å². The maximum atomic E-state index is 13.2. The summed E-state index contributed by atoms with van der Waals surface area (Å²) in [6, 6.07) is 17.2. The predicted molar refractivity (Wildman–Crippen MR) is 147 cm³/mol. The molecule has 1 aliphatic rings. The first-order chi connectivity index (χ1) is 18.9. The summed E-state index contributed by atoms with van der Waals surface area (Å²) in [6.45, 7) is 4.25. The molecule has 1 amide bonds. The molecule has 0 radical (unpaired) electrons. The third kappa shape index (κ3) is 5.75. The molecule has 5 rings (SSSR count). The number of sulfone groups is 1. The number of para-hydroxylation sites is 1. The van der Waals surface area contributed by atoms with Gasteiger partial charge in [-0.1, -0.05) is 30.3 Å². The van der Waals surface area contributed by atoms with Gasteiger partial charge in [-0.2, -0.15) is 0 Å². The minimum absolute atomic E-state index is 0.110. The summed E-state index contributed by atoms with van der Waals surface area (Å²) in [7, 11) is -3.64. The van der Waals surface area contributed by atoms with E-state index < -0.39 is 15.8 Å². The molecule has 3 heterocycles. The van der Waals surface area contributed by atoms with Gasteiger partial charge >= 0.3 is 5.97 Å². The van der Waals surface area contributed by atoms with Crippen LogP contribution in [0.15, 0.2) is 84.1 Å². The van der Waals surface area contributed by atoms with Gasteiger partial charge in [-0.3, -0.25) is 14.8 Å². The van der Waals surface area contributed by atoms with Crippen molar-refractivity contribution in [1.82, 2.24) is 14.9 Å². The van der Waals surface area contributed by atoms with E-state index in [1.54, 1.807) is 72.7 Å². The highest BCUT2D eigenvalue weighted by Gasteiger charge is 2.24. The van der Waals surface area contributed by atoms with E-state index in [9.17, 15) is 18.0 Å². The summed E-state index contributed by atoms with van der Waals surface area (Å²) in [5, 5.41) is 0.766. The first kappa shape index (κ1) is 26.3. The Hall–Kier alpha value is -4.31. The highest BCUT2D eigenvalue weighted by molar-refractivity contribution is 7.90. The summed E-state index contributed by atoms with van der Waals surface area (Å²) in [5.74, 6) is -0.708. The van der Waals surface area contributed by atoms with E-state index in [0.29, 0.717) is 55.0 Å². The number of benzene rings is 2. The average Bonchev–Trinajstić information content (AvgIpc) is 2.97. The fourth-order valence-electron chi connectivity index (χ4n) is 4.64. The quantitative estimate of drug-likeness (QED) is 0.324. The average molecular weight is 545 g/mol. The van der Waals surface area contributed by atoms with Crippen molar-refractivity contribution in [2.75, 3.05) is 37.7 Å². The van der Waals surface area contributed by atoms with Crippen molar-refractivity contribution in [3.8, 4) is 0 Å². The van der Waals surface area contributed by atoms with Crippen molar-refractivity contribution in [2.24, 2.45) is 0 Å². The molecule has 39 heavy (non-hydrogen) atoms. The van der Waals surface area contributed by atoms with Gasteiger partial charge in [0.2, 0.25) is 0 Å². The molecule has 10 heteroatoms. The van der Waals surface area contributed by atoms with E-state index in [2.05, 4.69) is 14.9 Å². The number of carbonyl (C=O) groups is 2. The second-order valence-corrected chi connectivity index (χ2v) is 11.2. The van der Waals surface area contributed by atoms with E-state index in [4.69, 9.17) is 4.74 Å². The smallest absolute Gasteiger partial charge is 0.339 e. The van der Waals surface area contributed by atoms with Gasteiger partial charge in [0.1, 0.15) is 0 Å². The Morgan fingerprint density at radius 3 is 2.41 bits per heavy atom. The standard InChI is InChI=1S/C29H28N4O5S/c1-2-38-29(35)24-17-25(19-30-18-24)32-13-15-33(16-14-32)28(34)23-10-8-21(9-11-23)20-39(36,37)26-7-3-5-22-6-4-12-31-27(22)26/h3-12,17-19H,2,13-16,20H2,1H3. The van der Waals surface area contributed by atoms with Gasteiger partial charge in [-0.05, 0) is 42.8 Å². The molecule has 1 fully saturated rings. The van der Waals surface area contributed by atoms with Gasteiger partial charge in [0.25, 0.3) is 5.91 Å². The first-order valence-corrected chi connectivity index (χ1v) is 14.3. The molecule has 0 spiro atoms. The predicted octanol–water partition coefficient (Wildman–Crippen LogP) is 3.74. The van der Waals surface area contributed by atoms with Gasteiger partial charge in [-0.25, -0.2) is 13.2 Å². The summed E-state index contributed by atoms with van der Waals surface area (Å²) in [4.78, 5) is 37.6. The second kappa shape index (κ2) is 11.2. The molecule has 1 saturated heterocycles. The fraction of sp³-hybridized carbons (Fsp3) is 0.241. The van der Waals surface area contributed by atoms with Crippen LogP contribution >= 0.6 is 0 Å². The van der Waals surface area contributed by atoms with Crippen LogP contribution in [-0.4, -0.2) is 67.9 Å². The molecule has 0 N–H and O–H groups in total. The number of carbonyl (C=O) groups excluding carboxylic acids is 2. The lowest BCUT2D eigenvalue weighted by Gasteiger charge is -2.36. The summed E-state index contributed by atoms with van der Waals surface area (Å²) in [5.41, 5.74) is 2.75. The van der Waals surface area contributed by atoms with Crippen molar-refractivity contribution >= 4 is 38.3 Å². The number of piperazine rings is 1. The second-order valence-electron chi connectivity index (χ2n) is 9.22. The van der Waals surface area contributed by atoms with Crippen LogP contribution in [0.4, 0.5) is 5.69 Å². The molecule has 1 aliphatic heterocycles. The summed E-state index contributed by atoms with van der Waals surface area (Å²) < 4.78 is 31.4. The molecule has 0 saturated carbocycles.